The van der Waals surface area contributed by atoms with Crippen LogP contribution in [-0.4, -0.2) is 26.7 Å². The van der Waals surface area contributed by atoms with Crippen LogP contribution >= 0.6 is 23.1 Å². The Balaban J connectivity index is 2.00. The fourth-order valence-electron chi connectivity index (χ4n) is 1.78. The molecule has 4 heteroatoms. The smallest absolute Gasteiger partial charge is 0.0949 e. The highest BCUT2D eigenvalue weighted by Gasteiger charge is 2.15. The average Bonchev–Trinajstić information content (AvgIpc) is 2.70. The lowest BCUT2D eigenvalue weighted by molar-refractivity contribution is 0.196. The lowest BCUT2D eigenvalue weighted by atomic mass is 10.3. The molecular formula is C14H19NOS2. The first kappa shape index (κ1) is 13.8. The maximum atomic E-state index is 9.52. The fraction of sp³-hybridized carbons (Fsp3) is 0.500. The first-order valence-electron chi connectivity index (χ1n) is 6.24. The molecule has 0 aliphatic carbocycles. The van der Waals surface area contributed by atoms with Gasteiger partial charge in [0.05, 0.1) is 21.3 Å². The van der Waals surface area contributed by atoms with Gasteiger partial charge in [0, 0.05) is 16.9 Å². The van der Waals surface area contributed by atoms with Crippen molar-refractivity contribution < 1.29 is 5.11 Å². The molecular weight excluding hydrogens is 262 g/mol. The van der Waals surface area contributed by atoms with Crippen LogP contribution < -0.4 is 0 Å². The number of thiazole rings is 1. The maximum absolute atomic E-state index is 9.52. The summed E-state index contributed by atoms with van der Waals surface area (Å²) in [5.41, 5.74) is 1.10. The second-order valence-corrected chi connectivity index (χ2v) is 7.61. The lowest BCUT2D eigenvalue weighted by Gasteiger charge is -2.18. The molecule has 1 heterocycles. The van der Waals surface area contributed by atoms with Gasteiger partial charge in [-0.15, -0.1) is 11.3 Å². The van der Waals surface area contributed by atoms with E-state index >= 15 is 0 Å². The van der Waals surface area contributed by atoms with Gasteiger partial charge in [-0.05, 0) is 19.1 Å². The fourth-order valence-corrected chi connectivity index (χ4v) is 4.20. The number of thioether (sulfide) groups is 1. The molecule has 0 fully saturated rings. The predicted octanol–water partition coefficient (Wildman–Crippen LogP) is 3.73. The van der Waals surface area contributed by atoms with Crippen LogP contribution in [0.15, 0.2) is 24.3 Å². The van der Waals surface area contributed by atoms with Gasteiger partial charge in [-0.25, -0.2) is 4.98 Å². The van der Waals surface area contributed by atoms with E-state index in [0.29, 0.717) is 5.25 Å². The third kappa shape index (κ3) is 3.46. The van der Waals surface area contributed by atoms with Gasteiger partial charge < -0.3 is 5.11 Å². The zero-order valence-corrected chi connectivity index (χ0v) is 12.6. The van der Waals surface area contributed by atoms with Crippen molar-refractivity contribution in [3.05, 3.63) is 29.3 Å². The molecule has 2 rings (SSSR count). The van der Waals surface area contributed by atoms with Crippen LogP contribution in [0.5, 0.6) is 0 Å². The monoisotopic (exact) mass is 281 g/mol. The third-order valence-corrected chi connectivity index (χ3v) is 5.44. The van der Waals surface area contributed by atoms with Crippen molar-refractivity contribution in [2.24, 2.45) is 0 Å². The third-order valence-electron chi connectivity index (χ3n) is 2.93. The van der Waals surface area contributed by atoms with Gasteiger partial charge in [-0.1, -0.05) is 26.0 Å². The average molecular weight is 281 g/mol. The van der Waals surface area contributed by atoms with Crippen molar-refractivity contribution >= 4 is 33.3 Å². The molecule has 0 radical (unpaired) electrons. The second kappa shape index (κ2) is 6.04. The van der Waals surface area contributed by atoms with Crippen LogP contribution in [0.4, 0.5) is 0 Å². The standard InChI is InChI=1S/C14H19NOS2/c1-9(17-11(3)10(2)16)8-14-15-12-6-4-5-7-13(12)18-14/h4-7,9-11,16H,8H2,1-3H3. The van der Waals surface area contributed by atoms with Crippen LogP contribution in [0.2, 0.25) is 0 Å². The Morgan fingerprint density at radius 2 is 2.00 bits per heavy atom. The minimum Gasteiger partial charge on any atom is -0.392 e. The Hall–Kier alpha value is -0.580. The van der Waals surface area contributed by atoms with Gasteiger partial charge in [0.1, 0.15) is 0 Å². The summed E-state index contributed by atoms with van der Waals surface area (Å²) in [6.45, 7) is 6.13. The summed E-state index contributed by atoms with van der Waals surface area (Å²) in [6, 6.07) is 8.26. The zero-order chi connectivity index (χ0) is 13.1. The molecule has 98 valence electrons. The quantitative estimate of drug-likeness (QED) is 0.906. The first-order chi connectivity index (χ1) is 8.56. The topological polar surface area (TPSA) is 33.1 Å². The highest BCUT2D eigenvalue weighted by molar-refractivity contribution is 8.00. The van der Waals surface area contributed by atoms with E-state index in [0.717, 1.165) is 11.9 Å². The molecule has 0 saturated heterocycles. The van der Waals surface area contributed by atoms with Crippen LogP contribution in [0, 0.1) is 0 Å². The molecule has 1 aromatic heterocycles. The number of aliphatic hydroxyl groups is 1. The molecule has 0 bridgehead atoms. The van der Waals surface area contributed by atoms with E-state index < -0.39 is 0 Å². The molecule has 0 aliphatic heterocycles. The van der Waals surface area contributed by atoms with Crippen molar-refractivity contribution in [3.8, 4) is 0 Å². The van der Waals surface area contributed by atoms with Gasteiger partial charge in [0.2, 0.25) is 0 Å². The largest absolute Gasteiger partial charge is 0.392 e. The number of rotatable bonds is 5. The summed E-state index contributed by atoms with van der Waals surface area (Å²) in [4.78, 5) is 4.65. The van der Waals surface area contributed by atoms with E-state index in [2.05, 4.69) is 37.0 Å². The Morgan fingerprint density at radius 3 is 2.67 bits per heavy atom. The molecule has 0 amide bonds. The Labute approximate surface area is 116 Å². The summed E-state index contributed by atoms with van der Waals surface area (Å²) in [5.74, 6) is 0. The molecule has 1 N–H and O–H groups in total. The summed E-state index contributed by atoms with van der Waals surface area (Å²) < 4.78 is 1.26. The molecule has 2 aromatic rings. The van der Waals surface area contributed by atoms with E-state index in [1.165, 1.54) is 9.71 Å². The molecule has 0 aliphatic rings. The number of aliphatic hydroxyl groups excluding tert-OH is 1. The number of aromatic nitrogens is 1. The number of hydrogen-bond acceptors (Lipinski definition) is 4. The molecule has 18 heavy (non-hydrogen) atoms. The van der Waals surface area contributed by atoms with E-state index in [1.54, 1.807) is 11.3 Å². The van der Waals surface area contributed by atoms with Crippen molar-refractivity contribution in [1.29, 1.82) is 0 Å². The van der Waals surface area contributed by atoms with E-state index in [1.807, 2.05) is 24.8 Å². The molecule has 0 saturated carbocycles. The van der Waals surface area contributed by atoms with Gasteiger partial charge in [-0.3, -0.25) is 0 Å². The molecule has 2 nitrogen and oxygen atoms in total. The van der Waals surface area contributed by atoms with Crippen molar-refractivity contribution in [2.75, 3.05) is 0 Å². The Bertz CT molecular complexity index is 476. The number of fused-ring (bicyclic) bond motifs is 1. The van der Waals surface area contributed by atoms with Crippen LogP contribution in [0.3, 0.4) is 0 Å². The highest BCUT2D eigenvalue weighted by atomic mass is 32.2. The predicted molar refractivity (Wildman–Crippen MR) is 81.5 cm³/mol. The normalized spacial score (nSPS) is 16.7. The second-order valence-electron chi connectivity index (χ2n) is 4.67. The summed E-state index contributed by atoms with van der Waals surface area (Å²) in [6.07, 6.45) is 0.717. The summed E-state index contributed by atoms with van der Waals surface area (Å²) >= 11 is 3.60. The number of benzene rings is 1. The summed E-state index contributed by atoms with van der Waals surface area (Å²) in [5, 5.41) is 11.5. The number of nitrogens with zero attached hydrogens (tertiary/aromatic N) is 1. The maximum Gasteiger partial charge on any atom is 0.0949 e. The van der Waals surface area contributed by atoms with Gasteiger partial charge >= 0.3 is 0 Å². The van der Waals surface area contributed by atoms with E-state index in [9.17, 15) is 5.11 Å². The molecule has 0 spiro atoms. The van der Waals surface area contributed by atoms with Gasteiger partial charge in [-0.2, -0.15) is 11.8 Å². The lowest BCUT2D eigenvalue weighted by Crippen LogP contribution is -2.19. The van der Waals surface area contributed by atoms with Crippen molar-refractivity contribution in [2.45, 2.75) is 43.8 Å². The number of hydrogen-bond donors (Lipinski definition) is 1. The highest BCUT2D eigenvalue weighted by Crippen LogP contribution is 2.27. The van der Waals surface area contributed by atoms with Gasteiger partial charge in [0.15, 0.2) is 0 Å². The molecule has 1 aromatic carbocycles. The minimum absolute atomic E-state index is 0.257. The van der Waals surface area contributed by atoms with E-state index in [4.69, 9.17) is 0 Å². The van der Waals surface area contributed by atoms with Crippen LogP contribution in [0.25, 0.3) is 10.2 Å². The van der Waals surface area contributed by atoms with Gasteiger partial charge in [0.25, 0.3) is 0 Å². The van der Waals surface area contributed by atoms with E-state index in [-0.39, 0.29) is 11.4 Å². The molecule has 3 atom stereocenters. The first-order valence-corrected chi connectivity index (χ1v) is 8.00. The zero-order valence-electron chi connectivity index (χ0n) is 11.0. The Kier molecular flexibility index (Phi) is 4.65. The van der Waals surface area contributed by atoms with Crippen LogP contribution in [-0.2, 0) is 6.42 Å². The van der Waals surface area contributed by atoms with Crippen molar-refractivity contribution in [1.82, 2.24) is 4.98 Å². The van der Waals surface area contributed by atoms with Crippen LogP contribution in [0.1, 0.15) is 25.8 Å². The number of para-hydroxylation sites is 1. The SMILES string of the molecule is CC(Cc1nc2ccccc2s1)SC(C)C(C)O. The minimum atomic E-state index is -0.257. The Morgan fingerprint density at radius 1 is 1.28 bits per heavy atom. The summed E-state index contributed by atoms with van der Waals surface area (Å²) in [7, 11) is 0. The molecule has 3 unspecified atom stereocenters. The van der Waals surface area contributed by atoms with Crippen molar-refractivity contribution in [3.63, 3.8) is 0 Å².